The van der Waals surface area contributed by atoms with E-state index in [4.69, 9.17) is 0 Å². The molecule has 0 unspecified atom stereocenters. The molecule has 1 amide bonds. The van der Waals surface area contributed by atoms with E-state index >= 15 is 0 Å². The highest BCUT2D eigenvalue weighted by molar-refractivity contribution is 5.95. The first kappa shape index (κ1) is 17.5. The van der Waals surface area contributed by atoms with Crippen LogP contribution in [0.25, 0.3) is 5.82 Å². The van der Waals surface area contributed by atoms with E-state index in [1.165, 1.54) is 0 Å². The van der Waals surface area contributed by atoms with Gasteiger partial charge in [-0.3, -0.25) is 4.79 Å². The fraction of sp³-hybridized carbons (Fsp3) is 0.381. The van der Waals surface area contributed by atoms with Crippen molar-refractivity contribution >= 4 is 5.91 Å². The molecule has 1 saturated heterocycles. The molecular formula is C21H25N5O. The Bertz CT molecular complexity index is 890. The lowest BCUT2D eigenvalue weighted by Crippen LogP contribution is -2.39. The highest BCUT2D eigenvalue weighted by Crippen LogP contribution is 2.27. The normalized spacial score (nSPS) is 15.4. The van der Waals surface area contributed by atoms with E-state index < -0.39 is 0 Å². The van der Waals surface area contributed by atoms with Gasteiger partial charge < -0.3 is 9.47 Å². The van der Waals surface area contributed by atoms with Crippen LogP contribution in [0.1, 0.15) is 54.7 Å². The first-order chi connectivity index (χ1) is 13.1. The van der Waals surface area contributed by atoms with Crippen molar-refractivity contribution in [3.8, 4) is 5.82 Å². The minimum absolute atomic E-state index is 0.0758. The van der Waals surface area contributed by atoms with Crippen LogP contribution in [0.2, 0.25) is 0 Å². The topological polar surface area (TPSA) is 56.0 Å². The Hall–Kier alpha value is -2.89. The lowest BCUT2D eigenvalue weighted by atomic mass is 10.0. The number of rotatable bonds is 4. The third-order valence-corrected chi connectivity index (χ3v) is 5.25. The number of hydrogen-bond acceptors (Lipinski definition) is 3. The van der Waals surface area contributed by atoms with Crippen molar-refractivity contribution in [1.82, 2.24) is 24.2 Å². The van der Waals surface area contributed by atoms with E-state index in [9.17, 15) is 4.79 Å². The predicted molar refractivity (Wildman–Crippen MR) is 104 cm³/mol. The quantitative estimate of drug-likeness (QED) is 0.711. The van der Waals surface area contributed by atoms with Crippen LogP contribution in [0.4, 0.5) is 0 Å². The number of carbonyl (C=O) groups excluding carboxylic acids is 1. The van der Waals surface area contributed by atoms with Gasteiger partial charge in [0.2, 0.25) is 0 Å². The number of amides is 1. The van der Waals surface area contributed by atoms with Crippen molar-refractivity contribution in [1.29, 1.82) is 0 Å². The van der Waals surface area contributed by atoms with Crippen molar-refractivity contribution in [2.75, 3.05) is 13.1 Å². The van der Waals surface area contributed by atoms with Gasteiger partial charge in [-0.1, -0.05) is 19.9 Å². The van der Waals surface area contributed by atoms with Gasteiger partial charge in [-0.05, 0) is 43.0 Å². The molecule has 0 saturated carbocycles. The number of hydrogen-bond donors (Lipinski definition) is 0. The van der Waals surface area contributed by atoms with Gasteiger partial charge in [-0.2, -0.15) is 5.10 Å². The molecular weight excluding hydrogens is 338 g/mol. The molecule has 0 bridgehead atoms. The second-order valence-corrected chi connectivity index (χ2v) is 7.35. The van der Waals surface area contributed by atoms with Crippen molar-refractivity contribution in [3.63, 3.8) is 0 Å². The molecule has 6 nitrogen and oxygen atoms in total. The largest absolute Gasteiger partial charge is 0.351 e. The first-order valence-electron chi connectivity index (χ1n) is 9.56. The summed E-state index contributed by atoms with van der Waals surface area (Å²) in [4.78, 5) is 19.6. The highest BCUT2D eigenvalue weighted by Gasteiger charge is 2.28. The number of piperidine rings is 1. The van der Waals surface area contributed by atoms with E-state index in [0.29, 0.717) is 11.6 Å². The fourth-order valence-electron chi connectivity index (χ4n) is 3.87. The van der Waals surface area contributed by atoms with Gasteiger partial charge in [-0.25, -0.2) is 9.67 Å². The summed E-state index contributed by atoms with van der Waals surface area (Å²) in [5.41, 5.74) is 1.61. The lowest BCUT2D eigenvalue weighted by molar-refractivity contribution is 0.0693. The number of aromatic nitrogens is 4. The molecule has 0 radical (unpaired) electrons. The van der Waals surface area contributed by atoms with Gasteiger partial charge in [0.05, 0.1) is 17.5 Å². The Morgan fingerprint density at radius 2 is 1.85 bits per heavy atom. The summed E-state index contributed by atoms with van der Waals surface area (Å²) >= 11 is 0. The van der Waals surface area contributed by atoms with Gasteiger partial charge in [0.15, 0.2) is 5.82 Å². The summed E-state index contributed by atoms with van der Waals surface area (Å²) in [6.07, 6.45) is 9.61. The van der Waals surface area contributed by atoms with Crippen molar-refractivity contribution in [2.24, 2.45) is 0 Å². The summed E-state index contributed by atoms with van der Waals surface area (Å²) in [6.45, 7) is 5.72. The minimum Gasteiger partial charge on any atom is -0.351 e. The molecule has 1 fully saturated rings. The fourth-order valence-corrected chi connectivity index (χ4v) is 3.87. The molecule has 3 aromatic rings. The molecule has 1 aliphatic heterocycles. The molecule has 0 aromatic carbocycles. The van der Waals surface area contributed by atoms with Gasteiger partial charge in [0.25, 0.3) is 5.91 Å². The van der Waals surface area contributed by atoms with Gasteiger partial charge >= 0.3 is 0 Å². The van der Waals surface area contributed by atoms with Crippen LogP contribution < -0.4 is 0 Å². The highest BCUT2D eigenvalue weighted by atomic mass is 16.2. The van der Waals surface area contributed by atoms with Gasteiger partial charge in [-0.15, -0.1) is 0 Å². The Morgan fingerprint density at radius 3 is 2.48 bits per heavy atom. The molecule has 6 heteroatoms. The smallest absolute Gasteiger partial charge is 0.257 e. The Kier molecular flexibility index (Phi) is 4.79. The van der Waals surface area contributed by atoms with Crippen LogP contribution in [0.3, 0.4) is 0 Å². The van der Waals surface area contributed by atoms with Crippen LogP contribution in [-0.4, -0.2) is 43.2 Å². The van der Waals surface area contributed by atoms with Crippen LogP contribution >= 0.6 is 0 Å². The number of pyridine rings is 1. The van der Waals surface area contributed by atoms with E-state index in [0.717, 1.165) is 37.4 Å². The lowest BCUT2D eigenvalue weighted by Gasteiger charge is -2.33. The predicted octanol–water partition coefficient (Wildman–Crippen LogP) is 3.67. The van der Waals surface area contributed by atoms with Gasteiger partial charge in [0, 0.05) is 37.7 Å². The van der Waals surface area contributed by atoms with Crippen LogP contribution in [0.15, 0.2) is 55.1 Å². The average molecular weight is 363 g/mol. The Morgan fingerprint density at radius 1 is 1.11 bits per heavy atom. The number of likely N-dealkylation sites (tertiary alicyclic amines) is 1. The maximum atomic E-state index is 13.2. The second kappa shape index (κ2) is 7.39. The maximum absolute atomic E-state index is 13.2. The minimum atomic E-state index is 0.0758. The third kappa shape index (κ3) is 3.39. The van der Waals surface area contributed by atoms with E-state index in [2.05, 4.69) is 53.0 Å². The molecule has 140 valence electrons. The molecule has 0 spiro atoms. The second-order valence-electron chi connectivity index (χ2n) is 7.35. The monoisotopic (exact) mass is 363 g/mol. The summed E-state index contributed by atoms with van der Waals surface area (Å²) in [6, 6.07) is 10.3. The maximum Gasteiger partial charge on any atom is 0.257 e. The van der Waals surface area contributed by atoms with Crippen molar-refractivity contribution in [2.45, 2.75) is 38.6 Å². The van der Waals surface area contributed by atoms with Crippen molar-refractivity contribution in [3.05, 3.63) is 66.4 Å². The number of carbonyl (C=O) groups is 1. The molecule has 1 aliphatic rings. The summed E-state index contributed by atoms with van der Waals surface area (Å²) in [5.74, 6) is 0.990. The Labute approximate surface area is 159 Å². The summed E-state index contributed by atoms with van der Waals surface area (Å²) < 4.78 is 4.05. The zero-order valence-electron chi connectivity index (χ0n) is 15.8. The van der Waals surface area contributed by atoms with E-state index in [1.807, 2.05) is 23.1 Å². The Balaban J connectivity index is 1.55. The molecule has 27 heavy (non-hydrogen) atoms. The van der Waals surface area contributed by atoms with Crippen LogP contribution in [0.5, 0.6) is 0 Å². The summed E-state index contributed by atoms with van der Waals surface area (Å²) in [7, 11) is 0. The third-order valence-electron chi connectivity index (χ3n) is 5.25. The van der Waals surface area contributed by atoms with Crippen LogP contribution in [-0.2, 0) is 0 Å². The molecule has 0 atom stereocenters. The average Bonchev–Trinajstić information content (AvgIpc) is 3.38. The standard InChI is InChI=1S/C21H25N5O/c1-16(2)20-18(15-23-26(20)19-7-3-4-10-22-19)21(27)25-13-8-17(9-14-25)24-11-5-6-12-24/h3-7,10-12,15-17H,8-9,13-14H2,1-2H3. The number of nitrogens with zero attached hydrogens (tertiary/aromatic N) is 5. The zero-order valence-corrected chi connectivity index (χ0v) is 15.8. The SMILES string of the molecule is CC(C)c1c(C(=O)N2CCC(n3cccc3)CC2)cnn1-c1ccccn1. The molecule has 0 aliphatic carbocycles. The first-order valence-corrected chi connectivity index (χ1v) is 9.56. The molecule has 4 rings (SSSR count). The van der Waals surface area contributed by atoms with Gasteiger partial charge in [0.1, 0.15) is 0 Å². The van der Waals surface area contributed by atoms with Crippen LogP contribution in [0, 0.1) is 0 Å². The van der Waals surface area contributed by atoms with Crippen molar-refractivity contribution < 1.29 is 4.79 Å². The summed E-state index contributed by atoms with van der Waals surface area (Å²) in [5, 5.41) is 4.48. The molecule has 0 N–H and O–H groups in total. The molecule has 4 heterocycles. The van der Waals surface area contributed by atoms with E-state index in [1.54, 1.807) is 17.1 Å². The zero-order chi connectivity index (χ0) is 18.8. The molecule has 3 aromatic heterocycles. The van der Waals surface area contributed by atoms with E-state index in [-0.39, 0.29) is 11.8 Å².